The molecule has 0 unspecified atom stereocenters. The topological polar surface area (TPSA) is 86.8 Å². The van der Waals surface area contributed by atoms with Gasteiger partial charge in [0.15, 0.2) is 11.6 Å². The summed E-state index contributed by atoms with van der Waals surface area (Å²) in [6, 6.07) is 15.8. The summed E-state index contributed by atoms with van der Waals surface area (Å²) in [4.78, 5) is 28.6. The maximum Gasteiger partial charge on any atom is 0.244 e. The molecule has 214 valence electrons. The van der Waals surface area contributed by atoms with Crippen LogP contribution in [-0.4, -0.2) is 50.5 Å². The van der Waals surface area contributed by atoms with Crippen LogP contribution in [0.1, 0.15) is 30.9 Å². The summed E-state index contributed by atoms with van der Waals surface area (Å²) >= 11 is 0. The van der Waals surface area contributed by atoms with Gasteiger partial charge in [0.2, 0.25) is 21.8 Å². The molecule has 0 heterocycles. The van der Waals surface area contributed by atoms with Gasteiger partial charge in [0, 0.05) is 25.6 Å². The van der Waals surface area contributed by atoms with Crippen LogP contribution in [0, 0.1) is 17.5 Å². The number of carbonyl (C=O) groups is 2. The second kappa shape index (κ2) is 14.0. The second-order valence-corrected chi connectivity index (χ2v) is 11.3. The fourth-order valence-corrected chi connectivity index (χ4v) is 4.94. The molecule has 11 heteroatoms. The number of hydrogen-bond acceptors (Lipinski definition) is 4. The lowest BCUT2D eigenvalue weighted by molar-refractivity contribution is -0.140. The van der Waals surface area contributed by atoms with E-state index in [1.54, 1.807) is 24.3 Å². The molecule has 0 aliphatic heterocycles. The predicted octanol–water partition coefficient (Wildman–Crippen LogP) is 4.43. The van der Waals surface area contributed by atoms with Crippen molar-refractivity contribution in [1.29, 1.82) is 0 Å². The van der Waals surface area contributed by atoms with Gasteiger partial charge < -0.3 is 10.2 Å². The molecule has 0 radical (unpaired) electrons. The lowest BCUT2D eigenvalue weighted by atomic mass is 10.0. The number of anilines is 1. The molecule has 0 aromatic heterocycles. The van der Waals surface area contributed by atoms with Crippen LogP contribution >= 0.6 is 0 Å². The number of nitrogens with zero attached hydrogens (tertiary/aromatic N) is 2. The van der Waals surface area contributed by atoms with Gasteiger partial charge in [-0.3, -0.25) is 13.9 Å². The minimum absolute atomic E-state index is 0.121. The van der Waals surface area contributed by atoms with Crippen molar-refractivity contribution in [2.75, 3.05) is 23.7 Å². The average Bonchev–Trinajstić information content (AvgIpc) is 2.92. The van der Waals surface area contributed by atoms with Gasteiger partial charge in [-0.15, -0.1) is 0 Å². The van der Waals surface area contributed by atoms with E-state index in [0.29, 0.717) is 28.9 Å². The molecule has 3 aromatic rings. The first kappa shape index (κ1) is 30.7. The van der Waals surface area contributed by atoms with Gasteiger partial charge >= 0.3 is 0 Å². The standard InChI is InChI=1S/C29H32F3N3O4S/c1-3-4-16-33-29(37)27(17-21-8-6-5-7-9-21)34(19-22-10-12-23(30)13-11-22)28(36)20-35(40(2,38)39)24-14-15-25(31)26(32)18-24/h5-15,18,27H,3-4,16-17,19-20H2,1-2H3,(H,33,37)/t27-/m1/s1. The van der Waals surface area contributed by atoms with Crippen molar-refractivity contribution in [2.45, 2.75) is 38.8 Å². The lowest BCUT2D eigenvalue weighted by Crippen LogP contribution is -2.53. The van der Waals surface area contributed by atoms with Crippen LogP contribution in [0.4, 0.5) is 18.9 Å². The van der Waals surface area contributed by atoms with E-state index in [1.165, 1.54) is 29.2 Å². The van der Waals surface area contributed by atoms with E-state index in [9.17, 15) is 31.2 Å². The summed E-state index contributed by atoms with van der Waals surface area (Å²) in [6.07, 6.45) is 2.51. The molecule has 3 aromatic carbocycles. The van der Waals surface area contributed by atoms with Gasteiger partial charge in [0.25, 0.3) is 0 Å². The van der Waals surface area contributed by atoms with Gasteiger partial charge in [-0.1, -0.05) is 55.8 Å². The highest BCUT2D eigenvalue weighted by molar-refractivity contribution is 7.92. The number of amides is 2. The number of carbonyl (C=O) groups excluding carboxylic acids is 2. The molecule has 0 saturated carbocycles. The molecular formula is C29H32F3N3O4S. The highest BCUT2D eigenvalue weighted by Gasteiger charge is 2.33. The number of unbranched alkanes of at least 4 members (excludes halogenated alkanes) is 1. The van der Waals surface area contributed by atoms with Gasteiger partial charge in [0.1, 0.15) is 18.4 Å². The Morgan fingerprint density at radius 2 is 1.57 bits per heavy atom. The quantitative estimate of drug-likeness (QED) is 0.306. The van der Waals surface area contributed by atoms with Crippen LogP contribution in [0.15, 0.2) is 72.8 Å². The Morgan fingerprint density at radius 3 is 2.17 bits per heavy atom. The fourth-order valence-electron chi connectivity index (χ4n) is 4.10. The van der Waals surface area contributed by atoms with Crippen molar-refractivity contribution < 1.29 is 31.2 Å². The maximum absolute atomic E-state index is 14.0. The number of halogens is 3. The van der Waals surface area contributed by atoms with Gasteiger partial charge in [0.05, 0.1) is 11.9 Å². The van der Waals surface area contributed by atoms with Crippen molar-refractivity contribution in [3.8, 4) is 0 Å². The number of nitrogens with one attached hydrogen (secondary N) is 1. The molecule has 2 amide bonds. The summed E-state index contributed by atoms with van der Waals surface area (Å²) in [5, 5.41) is 2.85. The molecule has 0 saturated heterocycles. The van der Waals surface area contributed by atoms with Crippen LogP contribution in [0.2, 0.25) is 0 Å². The highest BCUT2D eigenvalue weighted by atomic mass is 32.2. The largest absolute Gasteiger partial charge is 0.354 e. The molecule has 40 heavy (non-hydrogen) atoms. The molecule has 7 nitrogen and oxygen atoms in total. The van der Waals surface area contributed by atoms with Gasteiger partial charge in [-0.2, -0.15) is 0 Å². The number of hydrogen-bond donors (Lipinski definition) is 1. The van der Waals surface area contributed by atoms with E-state index in [4.69, 9.17) is 0 Å². The van der Waals surface area contributed by atoms with Crippen LogP contribution < -0.4 is 9.62 Å². The first-order valence-corrected chi connectivity index (χ1v) is 14.6. The van der Waals surface area contributed by atoms with E-state index in [1.807, 2.05) is 13.0 Å². The second-order valence-electron chi connectivity index (χ2n) is 9.37. The summed E-state index contributed by atoms with van der Waals surface area (Å²) in [5.41, 5.74) is 1.02. The average molecular weight is 576 g/mol. The van der Waals surface area contributed by atoms with Crippen molar-refractivity contribution in [3.05, 3.63) is 101 Å². The van der Waals surface area contributed by atoms with E-state index in [-0.39, 0.29) is 18.7 Å². The van der Waals surface area contributed by atoms with E-state index in [0.717, 1.165) is 30.4 Å². The molecule has 0 aliphatic carbocycles. The number of rotatable bonds is 13. The maximum atomic E-state index is 14.0. The molecule has 0 aliphatic rings. The first-order valence-electron chi connectivity index (χ1n) is 12.8. The predicted molar refractivity (Wildman–Crippen MR) is 147 cm³/mol. The Labute approximate surface area is 232 Å². The first-order chi connectivity index (χ1) is 19.0. The van der Waals surface area contributed by atoms with Gasteiger partial charge in [-0.25, -0.2) is 21.6 Å². The highest BCUT2D eigenvalue weighted by Crippen LogP contribution is 2.22. The Kier molecular flexibility index (Phi) is 10.7. The molecular weight excluding hydrogens is 543 g/mol. The molecule has 0 fully saturated rings. The SMILES string of the molecule is CCCCNC(=O)[C@@H](Cc1ccccc1)N(Cc1ccc(F)cc1)C(=O)CN(c1ccc(F)c(F)c1)S(C)(=O)=O. The van der Waals surface area contributed by atoms with Crippen LogP contribution in [0.25, 0.3) is 0 Å². The molecule has 0 spiro atoms. The van der Waals surface area contributed by atoms with E-state index >= 15 is 0 Å². The molecule has 1 atom stereocenters. The van der Waals surface area contributed by atoms with Gasteiger partial charge in [-0.05, 0) is 41.8 Å². The zero-order chi connectivity index (χ0) is 29.3. The molecule has 3 rings (SSSR count). The number of sulfonamides is 1. The smallest absolute Gasteiger partial charge is 0.244 e. The number of benzene rings is 3. The zero-order valence-corrected chi connectivity index (χ0v) is 23.1. The van der Waals surface area contributed by atoms with Crippen molar-refractivity contribution >= 4 is 27.5 Å². The van der Waals surface area contributed by atoms with Crippen molar-refractivity contribution in [2.24, 2.45) is 0 Å². The summed E-state index contributed by atoms with van der Waals surface area (Å²) in [5.74, 6) is -4.13. The lowest BCUT2D eigenvalue weighted by Gasteiger charge is -2.33. The minimum Gasteiger partial charge on any atom is -0.354 e. The Balaban J connectivity index is 2.03. The van der Waals surface area contributed by atoms with Crippen LogP contribution in [-0.2, 0) is 32.6 Å². The normalized spacial score (nSPS) is 12.0. The monoisotopic (exact) mass is 575 g/mol. The Morgan fingerprint density at radius 1 is 0.900 bits per heavy atom. The van der Waals surface area contributed by atoms with Crippen molar-refractivity contribution in [1.82, 2.24) is 10.2 Å². The third-order valence-corrected chi connectivity index (χ3v) is 7.38. The third-order valence-electron chi connectivity index (χ3n) is 6.24. The van der Waals surface area contributed by atoms with Crippen molar-refractivity contribution in [3.63, 3.8) is 0 Å². The third kappa shape index (κ3) is 8.57. The van der Waals surface area contributed by atoms with E-state index < -0.39 is 51.9 Å². The van der Waals surface area contributed by atoms with E-state index in [2.05, 4.69) is 5.32 Å². The van der Waals surface area contributed by atoms with Crippen LogP contribution in [0.5, 0.6) is 0 Å². The fraction of sp³-hybridized carbons (Fsp3) is 0.310. The Hall–Kier alpha value is -3.86. The molecule has 0 bridgehead atoms. The molecule has 1 N–H and O–H groups in total. The Bertz CT molecular complexity index is 1400. The summed E-state index contributed by atoms with van der Waals surface area (Å²) < 4.78 is 67.2. The minimum atomic E-state index is -4.13. The van der Waals surface area contributed by atoms with Crippen LogP contribution in [0.3, 0.4) is 0 Å². The zero-order valence-electron chi connectivity index (χ0n) is 22.3. The summed E-state index contributed by atoms with van der Waals surface area (Å²) in [7, 11) is -4.13. The summed E-state index contributed by atoms with van der Waals surface area (Å²) in [6.45, 7) is 1.44.